The third kappa shape index (κ3) is 6.13. The average molecular weight is 483 g/mol. The minimum absolute atomic E-state index is 0. The first-order valence-corrected chi connectivity index (χ1v) is 12.8. The van der Waals surface area contributed by atoms with Crippen LogP contribution in [0.5, 0.6) is 0 Å². The summed E-state index contributed by atoms with van der Waals surface area (Å²) in [4.78, 5) is 13.2. The maximum absolute atomic E-state index is 13.2. The quantitative estimate of drug-likeness (QED) is 0.303. The van der Waals surface area contributed by atoms with Crippen LogP contribution in [0, 0.1) is 0 Å². The molecule has 3 aromatic rings. The summed E-state index contributed by atoms with van der Waals surface area (Å²) >= 11 is 0. The molecule has 3 heteroatoms. The fourth-order valence-electron chi connectivity index (χ4n) is 4.04. The van der Waals surface area contributed by atoms with Crippen LogP contribution in [0.2, 0.25) is 0 Å². The summed E-state index contributed by atoms with van der Waals surface area (Å²) in [6, 6.07) is 32.1. The molecule has 0 aromatic heterocycles. The fraction of sp³-hybridized carbons (Fsp3) is 0.296. The molecule has 0 aliphatic heterocycles. The Labute approximate surface area is 193 Å². The molecular weight excluding hydrogens is 451 g/mol. The average Bonchev–Trinajstić information content (AvgIpc) is 2.79. The zero-order valence-corrected chi connectivity index (χ0v) is 20.3. The van der Waals surface area contributed by atoms with E-state index in [1.807, 2.05) is 0 Å². The van der Waals surface area contributed by atoms with Gasteiger partial charge in [-0.1, -0.05) is 87.2 Å². The van der Waals surface area contributed by atoms with E-state index in [-0.39, 0.29) is 17.0 Å². The molecule has 0 atom stereocenters. The Balaban J connectivity index is 0.00000320. The van der Waals surface area contributed by atoms with Crippen molar-refractivity contribution in [1.29, 1.82) is 0 Å². The lowest BCUT2D eigenvalue weighted by Crippen LogP contribution is -3.00. The van der Waals surface area contributed by atoms with Gasteiger partial charge in [0.15, 0.2) is 5.78 Å². The molecule has 3 rings (SSSR count). The van der Waals surface area contributed by atoms with E-state index in [0.717, 1.165) is 12.8 Å². The van der Waals surface area contributed by atoms with E-state index in [9.17, 15) is 4.79 Å². The SMILES string of the molecule is CCCCCCCC(=O)C[P+](c1ccccc1)(c1ccccc1)c1ccccc1.[Br-]. The number of benzene rings is 3. The molecule has 0 fully saturated rings. The molecule has 0 radical (unpaired) electrons. The van der Waals surface area contributed by atoms with Gasteiger partial charge in [0.25, 0.3) is 0 Å². The second-order valence-electron chi connectivity index (χ2n) is 7.68. The molecule has 0 amide bonds. The molecule has 0 saturated heterocycles. The molecule has 0 heterocycles. The fourth-order valence-corrected chi connectivity index (χ4v) is 8.21. The summed E-state index contributed by atoms with van der Waals surface area (Å²) in [6.07, 6.45) is 7.21. The predicted molar refractivity (Wildman–Crippen MR) is 128 cm³/mol. The molecule has 1 nitrogen and oxygen atoms in total. The Hall–Kier alpha value is -1.76. The molecule has 0 bridgehead atoms. The zero-order chi connectivity index (χ0) is 20.4. The number of carbonyl (C=O) groups excluding carboxylic acids is 1. The van der Waals surface area contributed by atoms with Crippen molar-refractivity contribution in [2.45, 2.75) is 45.4 Å². The summed E-state index contributed by atoms with van der Waals surface area (Å²) in [6.45, 7) is 2.23. The Kier molecular flexibility index (Phi) is 10.5. The number of rotatable bonds is 11. The van der Waals surface area contributed by atoms with Gasteiger partial charge in [-0.05, 0) is 42.8 Å². The molecule has 30 heavy (non-hydrogen) atoms. The van der Waals surface area contributed by atoms with Gasteiger partial charge >= 0.3 is 0 Å². The summed E-state index contributed by atoms with van der Waals surface area (Å²) in [5.74, 6) is 0.395. The van der Waals surface area contributed by atoms with Crippen LogP contribution < -0.4 is 32.9 Å². The highest BCUT2D eigenvalue weighted by atomic mass is 79.9. The molecule has 0 unspecified atom stereocenters. The van der Waals surface area contributed by atoms with Crippen LogP contribution in [-0.2, 0) is 4.79 Å². The van der Waals surface area contributed by atoms with Crippen LogP contribution >= 0.6 is 7.26 Å². The van der Waals surface area contributed by atoms with Crippen molar-refractivity contribution in [1.82, 2.24) is 0 Å². The van der Waals surface area contributed by atoms with Crippen molar-refractivity contribution in [3.05, 3.63) is 91.0 Å². The normalized spacial score (nSPS) is 11.0. The van der Waals surface area contributed by atoms with E-state index in [2.05, 4.69) is 97.9 Å². The van der Waals surface area contributed by atoms with Crippen molar-refractivity contribution < 1.29 is 21.8 Å². The van der Waals surface area contributed by atoms with Gasteiger partial charge in [-0.3, -0.25) is 4.79 Å². The number of ketones is 1. The second kappa shape index (κ2) is 12.8. The van der Waals surface area contributed by atoms with Gasteiger partial charge in [-0.2, -0.15) is 0 Å². The predicted octanol–water partition coefficient (Wildman–Crippen LogP) is 2.91. The summed E-state index contributed by atoms with van der Waals surface area (Å²) < 4.78 is 0. The summed E-state index contributed by atoms with van der Waals surface area (Å²) in [5, 5.41) is 3.87. The second-order valence-corrected chi connectivity index (χ2v) is 11.2. The van der Waals surface area contributed by atoms with Crippen LogP contribution in [0.25, 0.3) is 0 Å². The van der Waals surface area contributed by atoms with Crippen LogP contribution in [0.1, 0.15) is 45.4 Å². The smallest absolute Gasteiger partial charge is 0.171 e. The third-order valence-corrected chi connectivity index (χ3v) is 9.93. The molecule has 3 aromatic carbocycles. The monoisotopic (exact) mass is 482 g/mol. The first-order chi connectivity index (χ1) is 14.3. The Morgan fingerprint density at radius 2 is 1.03 bits per heavy atom. The molecule has 0 aliphatic rings. The van der Waals surface area contributed by atoms with Crippen molar-refractivity contribution in [3.63, 3.8) is 0 Å². The van der Waals surface area contributed by atoms with Crippen LogP contribution in [0.3, 0.4) is 0 Å². The lowest BCUT2D eigenvalue weighted by Gasteiger charge is -2.27. The van der Waals surface area contributed by atoms with Crippen LogP contribution in [-0.4, -0.2) is 11.9 Å². The number of hydrogen-bond acceptors (Lipinski definition) is 1. The molecular formula is C27H32BrOP. The van der Waals surface area contributed by atoms with Crippen LogP contribution in [0.15, 0.2) is 91.0 Å². The van der Waals surface area contributed by atoms with Gasteiger partial charge in [0, 0.05) is 6.42 Å². The van der Waals surface area contributed by atoms with E-state index in [1.54, 1.807) is 0 Å². The highest BCUT2D eigenvalue weighted by Crippen LogP contribution is 2.55. The molecule has 158 valence electrons. The lowest BCUT2D eigenvalue weighted by molar-refractivity contribution is -0.116. The summed E-state index contributed by atoms with van der Waals surface area (Å²) in [7, 11) is -2.02. The first kappa shape index (κ1) is 24.5. The van der Waals surface area contributed by atoms with Gasteiger partial charge in [-0.25, -0.2) is 0 Å². The number of unbranched alkanes of at least 4 members (excludes halogenated alkanes) is 4. The minimum Gasteiger partial charge on any atom is -1.00 e. The largest absolute Gasteiger partial charge is 1.00 e. The number of Topliss-reactive ketones (excluding diaryl/α,β-unsaturated/α-hetero) is 1. The maximum atomic E-state index is 13.2. The van der Waals surface area contributed by atoms with E-state index in [4.69, 9.17) is 0 Å². The number of hydrogen-bond donors (Lipinski definition) is 0. The highest BCUT2D eigenvalue weighted by molar-refractivity contribution is 7.96. The third-order valence-electron chi connectivity index (χ3n) is 5.56. The number of halogens is 1. The molecule has 0 spiro atoms. The highest BCUT2D eigenvalue weighted by Gasteiger charge is 2.46. The minimum atomic E-state index is -2.02. The first-order valence-electron chi connectivity index (χ1n) is 10.8. The molecule has 0 aliphatic carbocycles. The maximum Gasteiger partial charge on any atom is 0.171 e. The van der Waals surface area contributed by atoms with Gasteiger partial charge in [-0.15, -0.1) is 0 Å². The van der Waals surface area contributed by atoms with Crippen molar-refractivity contribution >= 4 is 29.0 Å². The summed E-state index contributed by atoms with van der Waals surface area (Å²) in [5.41, 5.74) is 0. The van der Waals surface area contributed by atoms with Crippen LogP contribution in [0.4, 0.5) is 0 Å². The van der Waals surface area contributed by atoms with E-state index in [0.29, 0.717) is 18.4 Å². The lowest BCUT2D eigenvalue weighted by atomic mass is 10.1. The van der Waals surface area contributed by atoms with Gasteiger partial charge in [0.1, 0.15) is 29.3 Å². The Morgan fingerprint density at radius 1 is 0.633 bits per heavy atom. The standard InChI is InChI=1S/C27H32OP.BrH/c1-2-3-4-5-9-16-24(28)23-29(25-17-10-6-11-18-25,26-19-12-7-13-20-26)27-21-14-8-15-22-27;/h6-8,10-15,17-22H,2-5,9,16,23H2,1H3;1H/q+1;/p-1. The van der Waals surface area contributed by atoms with Gasteiger partial charge in [0.05, 0.1) is 0 Å². The van der Waals surface area contributed by atoms with E-state index < -0.39 is 7.26 Å². The van der Waals surface area contributed by atoms with E-state index >= 15 is 0 Å². The van der Waals surface area contributed by atoms with E-state index in [1.165, 1.54) is 35.2 Å². The van der Waals surface area contributed by atoms with Gasteiger partial charge in [0.2, 0.25) is 0 Å². The number of carbonyl (C=O) groups is 1. The topological polar surface area (TPSA) is 17.1 Å². The van der Waals surface area contributed by atoms with Crippen molar-refractivity contribution in [3.8, 4) is 0 Å². The van der Waals surface area contributed by atoms with Crippen molar-refractivity contribution in [2.24, 2.45) is 0 Å². The van der Waals surface area contributed by atoms with Crippen molar-refractivity contribution in [2.75, 3.05) is 6.16 Å². The molecule has 0 saturated carbocycles. The molecule has 0 N–H and O–H groups in total. The van der Waals surface area contributed by atoms with Gasteiger partial charge < -0.3 is 17.0 Å². The Bertz CT molecular complexity index is 768. The Morgan fingerprint density at radius 3 is 1.43 bits per heavy atom. The zero-order valence-electron chi connectivity index (χ0n) is 17.8.